The van der Waals surface area contributed by atoms with Gasteiger partial charge in [-0.2, -0.15) is 5.10 Å². The van der Waals surface area contributed by atoms with Crippen molar-refractivity contribution in [3.63, 3.8) is 0 Å². The SMILES string of the molecule is CCCCCCCC(C)(CCCC)n1ncc(F)c1C. The van der Waals surface area contributed by atoms with Crippen molar-refractivity contribution in [1.29, 1.82) is 0 Å². The fraction of sp³-hybridized carbons (Fsp3) is 0.824. The lowest BCUT2D eigenvalue weighted by Crippen LogP contribution is -2.32. The third-order valence-electron chi connectivity index (χ3n) is 4.35. The Labute approximate surface area is 123 Å². The van der Waals surface area contributed by atoms with E-state index in [1.807, 2.05) is 11.6 Å². The van der Waals surface area contributed by atoms with Crippen molar-refractivity contribution in [2.75, 3.05) is 0 Å². The number of aromatic nitrogens is 2. The second-order valence-corrected chi connectivity index (χ2v) is 6.25. The molecule has 0 N–H and O–H groups in total. The number of halogens is 1. The summed E-state index contributed by atoms with van der Waals surface area (Å²) in [5, 5.41) is 4.30. The highest BCUT2D eigenvalue weighted by molar-refractivity contribution is 5.04. The van der Waals surface area contributed by atoms with Gasteiger partial charge in [-0.3, -0.25) is 4.68 Å². The third kappa shape index (κ3) is 4.60. The van der Waals surface area contributed by atoms with Gasteiger partial charge in [-0.05, 0) is 26.7 Å². The number of hydrogen-bond donors (Lipinski definition) is 0. The van der Waals surface area contributed by atoms with E-state index in [2.05, 4.69) is 25.9 Å². The summed E-state index contributed by atoms with van der Waals surface area (Å²) >= 11 is 0. The molecule has 1 aromatic heterocycles. The van der Waals surface area contributed by atoms with E-state index in [0.717, 1.165) is 12.8 Å². The maximum atomic E-state index is 13.6. The van der Waals surface area contributed by atoms with Crippen LogP contribution in [0.25, 0.3) is 0 Å². The number of rotatable bonds is 10. The topological polar surface area (TPSA) is 17.8 Å². The lowest BCUT2D eigenvalue weighted by atomic mass is 9.88. The second kappa shape index (κ2) is 8.43. The summed E-state index contributed by atoms with van der Waals surface area (Å²) in [6.45, 7) is 8.52. The fourth-order valence-corrected chi connectivity index (χ4v) is 2.94. The van der Waals surface area contributed by atoms with Crippen molar-refractivity contribution < 1.29 is 4.39 Å². The molecule has 0 fully saturated rings. The molecule has 0 aliphatic heterocycles. The first-order chi connectivity index (χ1) is 9.55. The highest BCUT2D eigenvalue weighted by Gasteiger charge is 2.28. The van der Waals surface area contributed by atoms with E-state index in [1.165, 1.54) is 51.1 Å². The smallest absolute Gasteiger partial charge is 0.163 e. The quantitative estimate of drug-likeness (QED) is 0.511. The molecule has 0 saturated heterocycles. The molecule has 1 atom stereocenters. The molecule has 1 heterocycles. The standard InChI is InChI=1S/C17H31FN2/c1-5-7-9-10-11-13-17(4,12-8-6-2)20-15(3)16(18)14-19-20/h14H,5-13H2,1-4H3. The molecule has 0 aromatic carbocycles. The Balaban J connectivity index is 2.68. The maximum absolute atomic E-state index is 13.6. The second-order valence-electron chi connectivity index (χ2n) is 6.25. The van der Waals surface area contributed by atoms with E-state index in [1.54, 1.807) is 0 Å². The minimum Gasteiger partial charge on any atom is -0.261 e. The summed E-state index contributed by atoms with van der Waals surface area (Å²) in [4.78, 5) is 0. The number of hydrogen-bond acceptors (Lipinski definition) is 1. The Morgan fingerprint density at radius 2 is 1.65 bits per heavy atom. The molecule has 0 radical (unpaired) electrons. The van der Waals surface area contributed by atoms with Gasteiger partial charge in [0.1, 0.15) is 0 Å². The van der Waals surface area contributed by atoms with Crippen molar-refractivity contribution >= 4 is 0 Å². The van der Waals surface area contributed by atoms with Gasteiger partial charge in [-0.25, -0.2) is 4.39 Å². The molecular formula is C17H31FN2. The summed E-state index contributed by atoms with van der Waals surface area (Å²) in [5.41, 5.74) is 0.647. The van der Waals surface area contributed by atoms with Crippen LogP contribution in [0.15, 0.2) is 6.20 Å². The Kier molecular flexibility index (Phi) is 7.25. The zero-order valence-corrected chi connectivity index (χ0v) is 13.7. The number of unbranched alkanes of at least 4 members (excludes halogenated alkanes) is 5. The predicted molar refractivity (Wildman–Crippen MR) is 83.5 cm³/mol. The zero-order chi connectivity index (χ0) is 15.0. The fourth-order valence-electron chi connectivity index (χ4n) is 2.94. The average Bonchev–Trinajstić information content (AvgIpc) is 2.77. The van der Waals surface area contributed by atoms with E-state index in [0.29, 0.717) is 5.69 Å². The molecule has 0 amide bonds. The molecule has 2 nitrogen and oxygen atoms in total. The molecule has 116 valence electrons. The Morgan fingerprint density at radius 1 is 1.05 bits per heavy atom. The van der Waals surface area contributed by atoms with Crippen molar-refractivity contribution in [2.24, 2.45) is 0 Å². The first-order valence-electron chi connectivity index (χ1n) is 8.25. The van der Waals surface area contributed by atoms with Gasteiger partial charge in [-0.1, -0.05) is 58.8 Å². The largest absolute Gasteiger partial charge is 0.261 e. The Morgan fingerprint density at radius 3 is 2.20 bits per heavy atom. The van der Waals surface area contributed by atoms with Gasteiger partial charge in [-0.15, -0.1) is 0 Å². The van der Waals surface area contributed by atoms with E-state index in [4.69, 9.17) is 0 Å². The van der Waals surface area contributed by atoms with Gasteiger partial charge >= 0.3 is 0 Å². The molecule has 1 unspecified atom stereocenters. The van der Waals surface area contributed by atoms with Gasteiger partial charge < -0.3 is 0 Å². The molecule has 0 spiro atoms. The third-order valence-corrected chi connectivity index (χ3v) is 4.35. The normalized spacial score (nSPS) is 14.4. The first-order valence-corrected chi connectivity index (χ1v) is 8.25. The molecule has 3 heteroatoms. The van der Waals surface area contributed by atoms with Gasteiger partial charge in [0.15, 0.2) is 5.82 Å². The predicted octanol–water partition coefficient (Wildman–Crippen LogP) is 5.60. The van der Waals surface area contributed by atoms with Gasteiger partial charge in [0.2, 0.25) is 0 Å². The van der Waals surface area contributed by atoms with Gasteiger partial charge in [0, 0.05) is 0 Å². The molecule has 20 heavy (non-hydrogen) atoms. The minimum absolute atomic E-state index is 0.0311. The van der Waals surface area contributed by atoms with Gasteiger partial charge in [0.25, 0.3) is 0 Å². The van der Waals surface area contributed by atoms with Crippen molar-refractivity contribution in [3.05, 3.63) is 17.7 Å². The Hall–Kier alpha value is -0.860. The van der Waals surface area contributed by atoms with E-state index in [-0.39, 0.29) is 11.4 Å². The molecular weight excluding hydrogens is 251 g/mol. The monoisotopic (exact) mass is 282 g/mol. The van der Waals surface area contributed by atoms with Crippen molar-refractivity contribution in [2.45, 2.75) is 91.0 Å². The van der Waals surface area contributed by atoms with E-state index in [9.17, 15) is 4.39 Å². The van der Waals surface area contributed by atoms with Gasteiger partial charge in [0.05, 0.1) is 17.4 Å². The summed E-state index contributed by atoms with van der Waals surface area (Å²) in [6, 6.07) is 0. The molecule has 0 aliphatic rings. The van der Waals surface area contributed by atoms with Crippen LogP contribution in [0.4, 0.5) is 4.39 Å². The summed E-state index contributed by atoms with van der Waals surface area (Å²) in [6.07, 6.45) is 12.3. The summed E-state index contributed by atoms with van der Waals surface area (Å²) in [7, 11) is 0. The van der Waals surface area contributed by atoms with Crippen LogP contribution < -0.4 is 0 Å². The van der Waals surface area contributed by atoms with Crippen LogP contribution in [0.5, 0.6) is 0 Å². The maximum Gasteiger partial charge on any atom is 0.163 e. The lowest BCUT2D eigenvalue weighted by molar-refractivity contribution is 0.223. The molecule has 0 aliphatic carbocycles. The van der Waals surface area contributed by atoms with E-state index < -0.39 is 0 Å². The van der Waals surface area contributed by atoms with Crippen LogP contribution in [0, 0.1) is 12.7 Å². The molecule has 0 saturated carbocycles. The van der Waals surface area contributed by atoms with E-state index >= 15 is 0 Å². The van der Waals surface area contributed by atoms with Crippen LogP contribution in [0.3, 0.4) is 0 Å². The molecule has 1 aromatic rings. The van der Waals surface area contributed by atoms with Crippen LogP contribution in [0.2, 0.25) is 0 Å². The Bertz CT molecular complexity index is 386. The van der Waals surface area contributed by atoms with Crippen molar-refractivity contribution in [1.82, 2.24) is 9.78 Å². The van der Waals surface area contributed by atoms with Crippen LogP contribution >= 0.6 is 0 Å². The van der Waals surface area contributed by atoms with Crippen molar-refractivity contribution in [3.8, 4) is 0 Å². The lowest BCUT2D eigenvalue weighted by Gasteiger charge is -2.31. The molecule has 1 rings (SSSR count). The van der Waals surface area contributed by atoms with Crippen LogP contribution in [-0.4, -0.2) is 9.78 Å². The highest BCUT2D eigenvalue weighted by atomic mass is 19.1. The number of nitrogens with zero attached hydrogens (tertiary/aromatic N) is 2. The first kappa shape index (κ1) is 17.2. The van der Waals surface area contributed by atoms with Crippen LogP contribution in [-0.2, 0) is 5.54 Å². The highest BCUT2D eigenvalue weighted by Crippen LogP contribution is 2.31. The summed E-state index contributed by atoms with van der Waals surface area (Å²) in [5.74, 6) is -0.182. The van der Waals surface area contributed by atoms with Crippen LogP contribution in [0.1, 0.15) is 84.3 Å². The zero-order valence-electron chi connectivity index (χ0n) is 13.7. The summed E-state index contributed by atoms with van der Waals surface area (Å²) < 4.78 is 15.5. The average molecular weight is 282 g/mol. The molecule has 0 bridgehead atoms. The minimum atomic E-state index is -0.182.